The van der Waals surface area contributed by atoms with Gasteiger partial charge in [0.15, 0.2) is 11.5 Å². The van der Waals surface area contributed by atoms with E-state index in [4.69, 9.17) is 14.7 Å². The fourth-order valence-electron chi connectivity index (χ4n) is 1.90. The molecule has 5 heteroatoms. The first kappa shape index (κ1) is 16.8. The minimum absolute atomic E-state index is 0.286. The third-order valence-electron chi connectivity index (χ3n) is 2.86. The summed E-state index contributed by atoms with van der Waals surface area (Å²) >= 11 is 0. The van der Waals surface area contributed by atoms with Gasteiger partial charge in [0, 0.05) is 11.8 Å². The second-order valence-electron chi connectivity index (χ2n) is 4.49. The number of hydrogen-bond donors (Lipinski definition) is 1. The van der Waals surface area contributed by atoms with Crippen LogP contribution >= 0.6 is 0 Å². The number of carbonyl (C=O) groups excluding carboxylic acids is 1. The predicted molar refractivity (Wildman–Crippen MR) is 81.4 cm³/mol. The lowest BCUT2D eigenvalue weighted by Crippen LogP contribution is -2.21. The molecule has 0 heterocycles. The van der Waals surface area contributed by atoms with Crippen LogP contribution in [0.25, 0.3) is 0 Å². The topological polar surface area (TPSA) is 71.4 Å². The van der Waals surface area contributed by atoms with Gasteiger partial charge in [-0.1, -0.05) is 13.3 Å². The van der Waals surface area contributed by atoms with Gasteiger partial charge in [-0.2, -0.15) is 5.26 Å². The molecule has 0 fully saturated rings. The highest BCUT2D eigenvalue weighted by Crippen LogP contribution is 2.30. The first-order valence-electron chi connectivity index (χ1n) is 7.26. The lowest BCUT2D eigenvalue weighted by Gasteiger charge is -2.14. The zero-order chi connectivity index (χ0) is 15.7. The molecular formula is C16H22N2O3. The second kappa shape index (κ2) is 8.85. The smallest absolute Gasteiger partial charge is 0.241 e. The molecule has 1 rings (SSSR count). The van der Waals surface area contributed by atoms with Gasteiger partial charge in [-0.3, -0.25) is 4.79 Å². The average Bonchev–Trinajstić information content (AvgIpc) is 2.47. The van der Waals surface area contributed by atoms with E-state index in [1.165, 1.54) is 0 Å². The summed E-state index contributed by atoms with van der Waals surface area (Å²) in [5.74, 6) is 0.312. The fraction of sp³-hybridized carbons (Fsp3) is 0.500. The van der Waals surface area contributed by atoms with E-state index < -0.39 is 5.92 Å². The molecule has 0 spiro atoms. The Hall–Kier alpha value is -2.22. The number of ether oxygens (including phenoxy) is 2. The van der Waals surface area contributed by atoms with E-state index in [0.29, 0.717) is 36.8 Å². The normalized spacial score (nSPS) is 11.3. The van der Waals surface area contributed by atoms with Gasteiger partial charge in [0.05, 0.1) is 19.3 Å². The molecule has 114 valence electrons. The highest BCUT2D eigenvalue weighted by molar-refractivity contribution is 5.94. The molecule has 1 N–H and O–H groups in total. The monoisotopic (exact) mass is 290 g/mol. The van der Waals surface area contributed by atoms with E-state index in [-0.39, 0.29) is 5.91 Å². The Morgan fingerprint density at radius 2 is 1.90 bits per heavy atom. The number of nitrogens with one attached hydrogen (secondary N) is 1. The van der Waals surface area contributed by atoms with Gasteiger partial charge >= 0.3 is 0 Å². The van der Waals surface area contributed by atoms with Gasteiger partial charge in [-0.05, 0) is 32.4 Å². The van der Waals surface area contributed by atoms with Gasteiger partial charge in [0.25, 0.3) is 0 Å². The Morgan fingerprint density at radius 3 is 2.48 bits per heavy atom. The van der Waals surface area contributed by atoms with Crippen LogP contribution in [0.2, 0.25) is 0 Å². The minimum atomic E-state index is -0.628. The molecule has 0 saturated heterocycles. The zero-order valence-corrected chi connectivity index (χ0v) is 12.8. The summed E-state index contributed by atoms with van der Waals surface area (Å²) in [6.45, 7) is 6.77. The maximum Gasteiger partial charge on any atom is 0.241 e. The number of amides is 1. The van der Waals surface area contributed by atoms with Crippen molar-refractivity contribution in [2.75, 3.05) is 18.5 Å². The molecule has 1 amide bonds. The van der Waals surface area contributed by atoms with Crippen molar-refractivity contribution in [1.29, 1.82) is 5.26 Å². The van der Waals surface area contributed by atoms with E-state index in [1.54, 1.807) is 18.2 Å². The van der Waals surface area contributed by atoms with Crippen molar-refractivity contribution in [1.82, 2.24) is 0 Å². The molecule has 0 saturated carbocycles. The summed E-state index contributed by atoms with van der Waals surface area (Å²) in [4.78, 5) is 12.0. The van der Waals surface area contributed by atoms with E-state index in [2.05, 4.69) is 5.32 Å². The van der Waals surface area contributed by atoms with Crippen molar-refractivity contribution in [2.24, 2.45) is 5.92 Å². The highest BCUT2D eigenvalue weighted by Gasteiger charge is 2.17. The summed E-state index contributed by atoms with van der Waals surface area (Å²) in [7, 11) is 0. The number of carbonyl (C=O) groups is 1. The van der Waals surface area contributed by atoms with Crippen LogP contribution in [0, 0.1) is 17.2 Å². The van der Waals surface area contributed by atoms with Crippen LogP contribution in [0.15, 0.2) is 18.2 Å². The van der Waals surface area contributed by atoms with Crippen LogP contribution < -0.4 is 14.8 Å². The number of nitriles is 1. The van der Waals surface area contributed by atoms with E-state index in [0.717, 1.165) is 6.42 Å². The van der Waals surface area contributed by atoms with Crippen molar-refractivity contribution < 1.29 is 14.3 Å². The number of benzene rings is 1. The van der Waals surface area contributed by atoms with Gasteiger partial charge in [-0.25, -0.2) is 0 Å². The second-order valence-corrected chi connectivity index (χ2v) is 4.49. The molecule has 5 nitrogen and oxygen atoms in total. The third-order valence-corrected chi connectivity index (χ3v) is 2.86. The Labute approximate surface area is 125 Å². The van der Waals surface area contributed by atoms with Crippen LogP contribution in [-0.2, 0) is 4.79 Å². The molecule has 1 atom stereocenters. The van der Waals surface area contributed by atoms with Crippen LogP contribution in [0.4, 0.5) is 5.69 Å². The van der Waals surface area contributed by atoms with Crippen LogP contribution in [0.3, 0.4) is 0 Å². The number of rotatable bonds is 8. The molecule has 0 radical (unpaired) electrons. The third kappa shape index (κ3) is 4.99. The van der Waals surface area contributed by atoms with Gasteiger partial charge < -0.3 is 14.8 Å². The summed E-state index contributed by atoms with van der Waals surface area (Å²) in [6.07, 6.45) is 1.34. The Balaban J connectivity index is 2.86. The predicted octanol–water partition coefficient (Wildman–Crippen LogP) is 3.36. The van der Waals surface area contributed by atoms with Gasteiger partial charge in [0.1, 0.15) is 5.92 Å². The SMILES string of the molecule is CCCC(C#N)C(=O)Nc1ccc(OCC)c(OCC)c1. The largest absolute Gasteiger partial charge is 0.490 e. The Kier molecular flexibility index (Phi) is 7.10. The Bertz CT molecular complexity index is 509. The maximum atomic E-state index is 12.0. The van der Waals surface area contributed by atoms with Crippen LogP contribution in [-0.4, -0.2) is 19.1 Å². The van der Waals surface area contributed by atoms with Crippen LogP contribution in [0.5, 0.6) is 11.5 Å². The zero-order valence-electron chi connectivity index (χ0n) is 12.8. The van der Waals surface area contributed by atoms with Crippen molar-refractivity contribution in [3.8, 4) is 17.6 Å². The molecule has 0 aliphatic rings. The number of hydrogen-bond acceptors (Lipinski definition) is 4. The summed E-state index contributed by atoms with van der Waals surface area (Å²) in [6, 6.07) is 7.24. The van der Waals surface area contributed by atoms with Crippen molar-refractivity contribution in [3.63, 3.8) is 0 Å². The minimum Gasteiger partial charge on any atom is -0.490 e. The summed E-state index contributed by atoms with van der Waals surface area (Å²) < 4.78 is 11.0. The maximum absolute atomic E-state index is 12.0. The molecule has 0 aliphatic heterocycles. The number of anilines is 1. The molecular weight excluding hydrogens is 268 g/mol. The van der Waals surface area contributed by atoms with E-state index in [1.807, 2.05) is 26.8 Å². The van der Waals surface area contributed by atoms with E-state index >= 15 is 0 Å². The first-order chi connectivity index (χ1) is 10.2. The summed E-state index contributed by atoms with van der Waals surface area (Å²) in [5, 5.41) is 11.8. The number of nitrogens with zero attached hydrogens (tertiary/aromatic N) is 1. The average molecular weight is 290 g/mol. The first-order valence-corrected chi connectivity index (χ1v) is 7.26. The fourth-order valence-corrected chi connectivity index (χ4v) is 1.90. The Morgan fingerprint density at radius 1 is 1.24 bits per heavy atom. The lowest BCUT2D eigenvalue weighted by molar-refractivity contribution is -0.118. The standard InChI is InChI=1S/C16H22N2O3/c1-4-7-12(11-17)16(19)18-13-8-9-14(20-5-2)15(10-13)21-6-3/h8-10,12H,4-7H2,1-3H3,(H,18,19). The molecule has 0 aromatic heterocycles. The molecule has 0 aliphatic carbocycles. The van der Waals surface area contributed by atoms with Crippen molar-refractivity contribution in [3.05, 3.63) is 18.2 Å². The molecule has 1 unspecified atom stereocenters. The van der Waals surface area contributed by atoms with E-state index in [9.17, 15) is 4.79 Å². The van der Waals surface area contributed by atoms with Gasteiger partial charge in [0.2, 0.25) is 5.91 Å². The molecule has 1 aromatic rings. The molecule has 0 bridgehead atoms. The highest BCUT2D eigenvalue weighted by atomic mass is 16.5. The molecule has 1 aromatic carbocycles. The van der Waals surface area contributed by atoms with Gasteiger partial charge in [-0.15, -0.1) is 0 Å². The lowest BCUT2D eigenvalue weighted by atomic mass is 10.0. The van der Waals surface area contributed by atoms with Crippen LogP contribution in [0.1, 0.15) is 33.6 Å². The summed E-state index contributed by atoms with van der Waals surface area (Å²) in [5.41, 5.74) is 0.600. The molecule has 21 heavy (non-hydrogen) atoms. The van der Waals surface area contributed by atoms with Crippen molar-refractivity contribution >= 4 is 11.6 Å². The quantitative estimate of drug-likeness (QED) is 0.797. The van der Waals surface area contributed by atoms with Crippen molar-refractivity contribution in [2.45, 2.75) is 33.6 Å².